The molecule has 1 aliphatic rings. The van der Waals surface area contributed by atoms with Gasteiger partial charge in [-0.3, -0.25) is 0 Å². The first-order valence-corrected chi connectivity index (χ1v) is 10.3. The number of esters is 1. The standard InChI is InChI=1S/C19H25Br2NO4/c1-18(2,3)26-17(24)22-11-9-19(21,10-12-22)15(20)13-5-7-14(8-6-13)16(23)25-4/h5-8,15H,9-12H2,1-4H3/t15-/m1/s1. The van der Waals surface area contributed by atoms with Crippen molar-refractivity contribution >= 4 is 43.9 Å². The van der Waals surface area contributed by atoms with Crippen LogP contribution >= 0.6 is 31.9 Å². The molecule has 0 unspecified atom stereocenters. The summed E-state index contributed by atoms with van der Waals surface area (Å²) < 4.78 is 10.0. The number of piperidine rings is 1. The van der Waals surface area contributed by atoms with Crippen LogP contribution in [0.4, 0.5) is 4.79 Å². The molecule has 0 spiro atoms. The minimum atomic E-state index is -0.487. The summed E-state index contributed by atoms with van der Waals surface area (Å²) in [6.07, 6.45) is 1.32. The molecule has 1 aromatic rings. The van der Waals surface area contributed by atoms with Crippen molar-refractivity contribution in [3.8, 4) is 0 Å². The van der Waals surface area contributed by atoms with Crippen molar-refractivity contribution in [3.63, 3.8) is 0 Å². The molecule has 1 aromatic carbocycles. The van der Waals surface area contributed by atoms with Crippen molar-refractivity contribution in [1.29, 1.82) is 0 Å². The summed E-state index contributed by atoms with van der Waals surface area (Å²) in [5, 5.41) is 0. The molecule has 1 atom stereocenters. The van der Waals surface area contributed by atoms with E-state index in [0.29, 0.717) is 18.7 Å². The maximum Gasteiger partial charge on any atom is 0.410 e. The third-order valence-electron chi connectivity index (χ3n) is 4.33. The van der Waals surface area contributed by atoms with Crippen LogP contribution in [0.2, 0.25) is 0 Å². The minimum Gasteiger partial charge on any atom is -0.465 e. The van der Waals surface area contributed by atoms with E-state index in [-0.39, 0.29) is 21.2 Å². The predicted molar refractivity (Wildman–Crippen MR) is 108 cm³/mol. The molecule has 0 bridgehead atoms. The number of carbonyl (C=O) groups is 2. The SMILES string of the molecule is COC(=O)c1ccc([C@@H](Br)C2(Br)CCN(C(=O)OC(C)(C)C)CC2)cc1. The highest BCUT2D eigenvalue weighted by Crippen LogP contribution is 2.47. The molecule has 1 amide bonds. The van der Waals surface area contributed by atoms with Crippen LogP contribution in [0.15, 0.2) is 24.3 Å². The number of likely N-dealkylation sites (tertiary alicyclic amines) is 1. The van der Waals surface area contributed by atoms with Gasteiger partial charge in [0.05, 0.1) is 17.5 Å². The van der Waals surface area contributed by atoms with Crippen LogP contribution in [0.3, 0.4) is 0 Å². The number of hydrogen-bond donors (Lipinski definition) is 0. The van der Waals surface area contributed by atoms with Crippen LogP contribution < -0.4 is 0 Å². The van der Waals surface area contributed by atoms with Gasteiger partial charge in [0.15, 0.2) is 0 Å². The van der Waals surface area contributed by atoms with Gasteiger partial charge in [-0.1, -0.05) is 44.0 Å². The van der Waals surface area contributed by atoms with Crippen molar-refractivity contribution in [2.75, 3.05) is 20.2 Å². The van der Waals surface area contributed by atoms with Crippen molar-refractivity contribution in [2.24, 2.45) is 0 Å². The number of carbonyl (C=O) groups excluding carboxylic acids is 2. The molecule has 144 valence electrons. The number of alkyl halides is 2. The van der Waals surface area contributed by atoms with Crippen LogP contribution in [-0.4, -0.2) is 47.1 Å². The summed E-state index contributed by atoms with van der Waals surface area (Å²) >= 11 is 7.67. The van der Waals surface area contributed by atoms with Gasteiger partial charge in [0.2, 0.25) is 0 Å². The Morgan fingerprint density at radius 1 is 1.15 bits per heavy atom. The number of halogens is 2. The molecule has 5 nitrogen and oxygen atoms in total. The molecule has 0 radical (unpaired) electrons. The van der Waals surface area contributed by atoms with Gasteiger partial charge in [-0.15, -0.1) is 0 Å². The van der Waals surface area contributed by atoms with Crippen LogP contribution in [0.5, 0.6) is 0 Å². The van der Waals surface area contributed by atoms with E-state index in [4.69, 9.17) is 9.47 Å². The van der Waals surface area contributed by atoms with Crippen LogP contribution in [0, 0.1) is 0 Å². The average molecular weight is 491 g/mol. The zero-order chi connectivity index (χ0) is 19.5. The van der Waals surface area contributed by atoms with E-state index in [1.165, 1.54) is 7.11 Å². The summed E-state index contributed by atoms with van der Waals surface area (Å²) in [4.78, 5) is 25.6. The molecular weight excluding hydrogens is 466 g/mol. The minimum absolute atomic E-state index is 0.0579. The maximum atomic E-state index is 12.2. The number of hydrogen-bond acceptors (Lipinski definition) is 4. The number of ether oxygens (including phenoxy) is 2. The molecule has 0 aliphatic carbocycles. The number of amides is 1. The fourth-order valence-electron chi connectivity index (χ4n) is 2.85. The van der Waals surface area contributed by atoms with Crippen LogP contribution in [0.1, 0.15) is 54.4 Å². The first-order chi connectivity index (χ1) is 12.1. The first kappa shape index (κ1) is 21.2. The van der Waals surface area contributed by atoms with Gasteiger partial charge in [0, 0.05) is 17.4 Å². The van der Waals surface area contributed by atoms with Gasteiger partial charge in [-0.25, -0.2) is 9.59 Å². The average Bonchev–Trinajstić information content (AvgIpc) is 2.59. The molecule has 1 heterocycles. The van der Waals surface area contributed by atoms with Crippen molar-refractivity contribution < 1.29 is 19.1 Å². The summed E-state index contributed by atoms with van der Waals surface area (Å²) in [6.45, 7) is 6.87. The highest BCUT2D eigenvalue weighted by atomic mass is 79.9. The van der Waals surface area contributed by atoms with Gasteiger partial charge < -0.3 is 14.4 Å². The van der Waals surface area contributed by atoms with Crippen LogP contribution in [-0.2, 0) is 9.47 Å². The van der Waals surface area contributed by atoms with Crippen molar-refractivity contribution in [1.82, 2.24) is 4.90 Å². The third-order valence-corrected chi connectivity index (χ3v) is 7.60. The maximum absolute atomic E-state index is 12.2. The lowest BCUT2D eigenvalue weighted by molar-refractivity contribution is 0.0198. The Morgan fingerprint density at radius 2 is 1.69 bits per heavy atom. The Morgan fingerprint density at radius 3 is 2.15 bits per heavy atom. The molecule has 26 heavy (non-hydrogen) atoms. The van der Waals surface area contributed by atoms with Gasteiger partial charge in [-0.05, 0) is 51.3 Å². The van der Waals surface area contributed by atoms with Gasteiger partial charge in [0.1, 0.15) is 5.60 Å². The quantitative estimate of drug-likeness (QED) is 0.438. The lowest BCUT2D eigenvalue weighted by Crippen LogP contribution is -2.47. The number of rotatable bonds is 3. The molecule has 1 fully saturated rings. The highest BCUT2D eigenvalue weighted by Gasteiger charge is 2.40. The number of benzene rings is 1. The zero-order valence-corrected chi connectivity index (χ0v) is 18.7. The topological polar surface area (TPSA) is 55.8 Å². The Bertz CT molecular complexity index is 646. The highest BCUT2D eigenvalue weighted by molar-refractivity contribution is 9.12. The van der Waals surface area contributed by atoms with Gasteiger partial charge in [-0.2, -0.15) is 0 Å². The third kappa shape index (κ3) is 5.22. The first-order valence-electron chi connectivity index (χ1n) is 8.55. The largest absolute Gasteiger partial charge is 0.465 e. The van der Waals surface area contributed by atoms with Crippen molar-refractivity contribution in [2.45, 2.75) is 48.4 Å². The lowest BCUT2D eigenvalue weighted by atomic mass is 9.89. The summed E-state index contributed by atoms with van der Waals surface area (Å²) in [7, 11) is 1.37. The molecule has 0 N–H and O–H groups in total. The van der Waals surface area contributed by atoms with E-state index in [9.17, 15) is 9.59 Å². The molecule has 0 aromatic heterocycles. The molecule has 2 rings (SSSR count). The second kappa shape index (κ2) is 8.30. The Kier molecular flexibility index (Phi) is 6.77. The Balaban J connectivity index is 2.01. The zero-order valence-electron chi connectivity index (χ0n) is 15.6. The van der Waals surface area contributed by atoms with E-state index in [1.807, 2.05) is 32.9 Å². The van der Waals surface area contributed by atoms with E-state index in [0.717, 1.165) is 18.4 Å². The predicted octanol–water partition coefficient (Wildman–Crippen LogP) is 5.07. The second-order valence-corrected chi connectivity index (χ2v) is 9.97. The van der Waals surface area contributed by atoms with E-state index >= 15 is 0 Å². The normalized spacial score (nSPS) is 18.2. The molecule has 1 aliphatic heterocycles. The molecule has 7 heteroatoms. The van der Waals surface area contributed by atoms with E-state index < -0.39 is 5.60 Å². The molecule has 1 saturated heterocycles. The summed E-state index contributed by atoms with van der Waals surface area (Å²) in [6, 6.07) is 7.38. The van der Waals surface area contributed by atoms with Gasteiger partial charge >= 0.3 is 12.1 Å². The second-order valence-electron chi connectivity index (χ2n) is 7.48. The Hall–Kier alpha value is -1.08. The Labute approximate surface area is 171 Å². The monoisotopic (exact) mass is 489 g/mol. The number of methoxy groups -OCH3 is 1. The smallest absolute Gasteiger partial charge is 0.410 e. The fraction of sp³-hybridized carbons (Fsp3) is 0.579. The number of nitrogens with zero attached hydrogens (tertiary/aromatic N) is 1. The fourth-order valence-corrected chi connectivity index (χ4v) is 4.23. The van der Waals surface area contributed by atoms with E-state index in [2.05, 4.69) is 31.9 Å². The van der Waals surface area contributed by atoms with Crippen LogP contribution in [0.25, 0.3) is 0 Å². The van der Waals surface area contributed by atoms with Crippen molar-refractivity contribution in [3.05, 3.63) is 35.4 Å². The van der Waals surface area contributed by atoms with E-state index in [1.54, 1.807) is 17.0 Å². The molecule has 0 saturated carbocycles. The summed E-state index contributed by atoms with van der Waals surface area (Å²) in [5.41, 5.74) is 1.11. The molecular formula is C19H25Br2NO4. The lowest BCUT2D eigenvalue weighted by Gasteiger charge is -2.41. The summed E-state index contributed by atoms with van der Waals surface area (Å²) in [5.74, 6) is -0.345. The van der Waals surface area contributed by atoms with Gasteiger partial charge in [0.25, 0.3) is 0 Å².